The second kappa shape index (κ2) is 1.88. The minimum atomic E-state index is -0.297. The maximum Gasteiger partial charge on any atom is 0.159 e. The van der Waals surface area contributed by atoms with Crippen molar-refractivity contribution in [3.05, 3.63) is 24.3 Å². The number of aliphatic hydroxyl groups excluding tert-OH is 1. The van der Waals surface area contributed by atoms with Crippen molar-refractivity contribution in [1.82, 2.24) is 0 Å². The maximum absolute atomic E-state index is 11.4. The highest BCUT2D eigenvalue weighted by molar-refractivity contribution is 5.95. The molecule has 62 valence electrons. The van der Waals surface area contributed by atoms with Gasteiger partial charge in [0.25, 0.3) is 0 Å². The number of hydrogen-bond donors (Lipinski definition) is 1. The molecule has 0 heterocycles. The molecule has 2 nitrogen and oxygen atoms in total. The van der Waals surface area contributed by atoms with Crippen LogP contribution in [-0.4, -0.2) is 17.0 Å². The van der Waals surface area contributed by atoms with Crippen LogP contribution in [0.15, 0.2) is 24.3 Å². The Hall–Kier alpha value is -0.890. The van der Waals surface area contributed by atoms with E-state index in [0.717, 1.165) is 0 Å². The van der Waals surface area contributed by atoms with Crippen LogP contribution < -0.4 is 0 Å². The molecule has 0 radical (unpaired) electrons. The number of aliphatic hydroxyl groups is 1. The van der Waals surface area contributed by atoms with Gasteiger partial charge >= 0.3 is 0 Å². The van der Waals surface area contributed by atoms with Crippen LogP contribution >= 0.6 is 0 Å². The van der Waals surface area contributed by atoms with Crippen LogP contribution in [0, 0.1) is 23.7 Å². The first-order valence-electron chi connectivity index (χ1n) is 4.37. The topological polar surface area (TPSA) is 37.3 Å². The average Bonchev–Trinajstić information content (AvgIpc) is 2.66. The average molecular weight is 162 g/mol. The minimum absolute atomic E-state index is 0.0648. The zero-order valence-electron chi connectivity index (χ0n) is 6.55. The standard InChI is InChI=1S/C10H10O2/c11-8-4-3-5-6-1-2-7(9(5)8)10(6)12/h1-7,9-10,12H/t5-,6-,7-,9+,10-/m1/s1. The van der Waals surface area contributed by atoms with Gasteiger partial charge in [-0.1, -0.05) is 18.2 Å². The largest absolute Gasteiger partial charge is 0.392 e. The predicted molar refractivity (Wildman–Crippen MR) is 43.3 cm³/mol. The number of fused-ring (bicyclic) bond motifs is 5. The molecule has 0 aromatic carbocycles. The van der Waals surface area contributed by atoms with Crippen molar-refractivity contribution < 1.29 is 9.90 Å². The van der Waals surface area contributed by atoms with Crippen LogP contribution in [0.3, 0.4) is 0 Å². The fourth-order valence-corrected chi connectivity index (χ4v) is 2.87. The zero-order chi connectivity index (χ0) is 8.29. The molecule has 1 saturated carbocycles. The van der Waals surface area contributed by atoms with E-state index in [1.807, 2.05) is 12.2 Å². The third-order valence-electron chi connectivity index (χ3n) is 3.43. The van der Waals surface area contributed by atoms with Gasteiger partial charge in [0.1, 0.15) is 0 Å². The van der Waals surface area contributed by atoms with Gasteiger partial charge in [-0.2, -0.15) is 0 Å². The molecule has 0 aromatic rings. The lowest BCUT2D eigenvalue weighted by atomic mass is 9.85. The Morgan fingerprint density at radius 3 is 2.58 bits per heavy atom. The van der Waals surface area contributed by atoms with Crippen LogP contribution in [-0.2, 0) is 4.79 Å². The summed E-state index contributed by atoms with van der Waals surface area (Å²) in [5.41, 5.74) is 0. The first-order chi connectivity index (χ1) is 5.79. The highest BCUT2D eigenvalue weighted by atomic mass is 16.3. The maximum atomic E-state index is 11.4. The van der Waals surface area contributed by atoms with E-state index in [1.165, 1.54) is 0 Å². The molecule has 3 aliphatic rings. The highest BCUT2D eigenvalue weighted by Crippen LogP contribution is 2.51. The van der Waals surface area contributed by atoms with Crippen LogP contribution in [0.5, 0.6) is 0 Å². The lowest BCUT2D eigenvalue weighted by molar-refractivity contribution is -0.119. The van der Waals surface area contributed by atoms with Crippen molar-refractivity contribution in [2.75, 3.05) is 0 Å². The van der Waals surface area contributed by atoms with Gasteiger partial charge < -0.3 is 5.11 Å². The quantitative estimate of drug-likeness (QED) is 0.528. The minimum Gasteiger partial charge on any atom is -0.392 e. The van der Waals surface area contributed by atoms with Gasteiger partial charge in [0.15, 0.2) is 5.78 Å². The first kappa shape index (κ1) is 6.61. The summed E-state index contributed by atoms with van der Waals surface area (Å²) in [5.74, 6) is 0.874. The number of carbonyl (C=O) groups is 1. The Balaban J connectivity index is 2.08. The summed E-state index contributed by atoms with van der Waals surface area (Å²) in [7, 11) is 0. The summed E-state index contributed by atoms with van der Waals surface area (Å²) in [4.78, 5) is 11.4. The number of rotatable bonds is 0. The molecule has 0 aliphatic heterocycles. The fourth-order valence-electron chi connectivity index (χ4n) is 2.87. The Bertz CT molecular complexity index is 303. The van der Waals surface area contributed by atoms with Crippen molar-refractivity contribution in [3.63, 3.8) is 0 Å². The summed E-state index contributed by atoms with van der Waals surface area (Å²) in [6.45, 7) is 0. The van der Waals surface area contributed by atoms with E-state index in [0.29, 0.717) is 5.92 Å². The SMILES string of the molecule is O=C1C=C[C@@H]2[C@H]3C=C[C@@H]([C@@H]3O)[C@@H]12. The molecule has 12 heavy (non-hydrogen) atoms. The van der Waals surface area contributed by atoms with Crippen molar-refractivity contribution in [1.29, 1.82) is 0 Å². The monoisotopic (exact) mass is 162 g/mol. The van der Waals surface area contributed by atoms with Crippen molar-refractivity contribution in [2.24, 2.45) is 23.7 Å². The molecular weight excluding hydrogens is 152 g/mol. The molecule has 0 amide bonds. The summed E-state index contributed by atoms with van der Waals surface area (Å²) >= 11 is 0. The number of ketones is 1. The van der Waals surface area contributed by atoms with E-state index in [4.69, 9.17) is 0 Å². The number of carbonyl (C=O) groups excluding carboxylic acids is 1. The molecule has 2 heteroatoms. The van der Waals surface area contributed by atoms with Crippen LogP contribution in [0.4, 0.5) is 0 Å². The second-order valence-corrected chi connectivity index (χ2v) is 3.89. The second-order valence-electron chi connectivity index (χ2n) is 3.89. The lowest BCUT2D eigenvalue weighted by Crippen LogP contribution is -2.21. The molecule has 0 saturated heterocycles. The molecule has 5 atom stereocenters. The number of allylic oxidation sites excluding steroid dienone is 2. The van der Waals surface area contributed by atoms with Crippen molar-refractivity contribution in [2.45, 2.75) is 6.10 Å². The predicted octanol–water partition coefficient (Wildman–Crippen LogP) is 0.534. The van der Waals surface area contributed by atoms with E-state index >= 15 is 0 Å². The van der Waals surface area contributed by atoms with Gasteiger partial charge in [-0.05, 0) is 12.0 Å². The molecule has 1 fully saturated rings. The van der Waals surface area contributed by atoms with E-state index in [2.05, 4.69) is 6.08 Å². The zero-order valence-corrected chi connectivity index (χ0v) is 6.55. The molecule has 3 rings (SSSR count). The Labute approximate surface area is 70.6 Å². The van der Waals surface area contributed by atoms with Gasteiger partial charge in [0, 0.05) is 17.8 Å². The van der Waals surface area contributed by atoms with Crippen LogP contribution in [0.25, 0.3) is 0 Å². The van der Waals surface area contributed by atoms with E-state index in [1.54, 1.807) is 6.08 Å². The molecule has 2 bridgehead atoms. The Morgan fingerprint density at radius 1 is 1.08 bits per heavy atom. The molecule has 1 N–H and O–H groups in total. The van der Waals surface area contributed by atoms with Crippen molar-refractivity contribution in [3.8, 4) is 0 Å². The Morgan fingerprint density at radius 2 is 1.83 bits per heavy atom. The Kier molecular flexibility index (Phi) is 1.04. The number of hydrogen-bond acceptors (Lipinski definition) is 2. The van der Waals surface area contributed by atoms with Gasteiger partial charge in [0.2, 0.25) is 0 Å². The third kappa shape index (κ3) is 0.547. The lowest BCUT2D eigenvalue weighted by Gasteiger charge is -2.16. The summed E-state index contributed by atoms with van der Waals surface area (Å²) in [6, 6.07) is 0. The van der Waals surface area contributed by atoms with E-state index in [-0.39, 0.29) is 29.6 Å². The van der Waals surface area contributed by atoms with Crippen molar-refractivity contribution >= 4 is 5.78 Å². The fraction of sp³-hybridized carbons (Fsp3) is 0.500. The van der Waals surface area contributed by atoms with Crippen LogP contribution in [0.2, 0.25) is 0 Å². The first-order valence-corrected chi connectivity index (χ1v) is 4.37. The normalized spacial score (nSPS) is 53.8. The van der Waals surface area contributed by atoms with Gasteiger partial charge in [-0.3, -0.25) is 4.79 Å². The third-order valence-corrected chi connectivity index (χ3v) is 3.43. The van der Waals surface area contributed by atoms with Gasteiger partial charge in [-0.15, -0.1) is 0 Å². The van der Waals surface area contributed by atoms with Gasteiger partial charge in [-0.25, -0.2) is 0 Å². The molecule has 0 aromatic heterocycles. The molecule has 3 aliphatic carbocycles. The molecule has 0 unspecified atom stereocenters. The smallest absolute Gasteiger partial charge is 0.159 e. The highest BCUT2D eigenvalue weighted by Gasteiger charge is 2.54. The molecular formula is C10H10O2. The van der Waals surface area contributed by atoms with Crippen LogP contribution in [0.1, 0.15) is 0 Å². The summed E-state index contributed by atoms with van der Waals surface area (Å²) in [5, 5.41) is 9.70. The van der Waals surface area contributed by atoms with E-state index < -0.39 is 0 Å². The van der Waals surface area contributed by atoms with E-state index in [9.17, 15) is 9.90 Å². The van der Waals surface area contributed by atoms with Gasteiger partial charge in [0.05, 0.1) is 6.10 Å². The molecule has 0 spiro atoms. The summed E-state index contributed by atoms with van der Waals surface area (Å²) < 4.78 is 0. The summed E-state index contributed by atoms with van der Waals surface area (Å²) in [6.07, 6.45) is 7.40.